The summed E-state index contributed by atoms with van der Waals surface area (Å²) in [6.07, 6.45) is 10.0. The predicted octanol–water partition coefficient (Wildman–Crippen LogP) is 15.0. The molecule has 1 aliphatic heterocycles. The van der Waals surface area contributed by atoms with Gasteiger partial charge in [0.15, 0.2) is 6.23 Å². The van der Waals surface area contributed by atoms with Gasteiger partial charge in [0.2, 0.25) is 0 Å². The van der Waals surface area contributed by atoms with E-state index in [1.54, 1.807) is 0 Å². The molecule has 0 radical (unpaired) electrons. The lowest BCUT2D eigenvalue weighted by molar-refractivity contribution is 0.196. The molecule has 0 fully saturated rings. The Hall–Kier alpha value is -6.19. The third-order valence-corrected chi connectivity index (χ3v) is 17.6. The van der Waals surface area contributed by atoms with E-state index < -0.39 is 15.1 Å². The Kier molecular flexibility index (Phi) is 10.9. The van der Waals surface area contributed by atoms with E-state index in [0.717, 1.165) is 36.5 Å². The highest BCUT2D eigenvalue weighted by Crippen LogP contribution is 2.58. The lowest BCUT2D eigenvalue weighted by Gasteiger charge is -2.30. The highest BCUT2D eigenvalue weighted by Gasteiger charge is 2.25. The summed E-state index contributed by atoms with van der Waals surface area (Å²) in [6, 6.07) is 60.7. The van der Waals surface area contributed by atoms with Crippen molar-refractivity contribution in [1.29, 1.82) is 5.41 Å². The van der Waals surface area contributed by atoms with Crippen LogP contribution in [0.2, 0.25) is 0 Å². The van der Waals surface area contributed by atoms with Gasteiger partial charge in [-0.15, -0.1) is 7.53 Å². The lowest BCUT2D eigenvalue weighted by atomic mass is 10.1. The molecule has 1 aliphatic carbocycles. The molecule has 3 heterocycles. The Morgan fingerprint density at radius 3 is 2.11 bits per heavy atom. The Morgan fingerprint density at radius 1 is 0.689 bits per heavy atom. The second-order valence-corrected chi connectivity index (χ2v) is 20.4. The minimum atomic E-state index is -0.579. The quantitative estimate of drug-likeness (QED) is 0.0949. The summed E-state index contributed by atoms with van der Waals surface area (Å²) in [4.78, 5) is 2.46. The van der Waals surface area contributed by atoms with E-state index >= 15 is 0 Å². The fraction of sp³-hybridized carbons (Fsp3) is 0.130. The van der Waals surface area contributed by atoms with E-state index in [2.05, 4.69) is 199 Å². The van der Waals surface area contributed by atoms with Crippen LogP contribution in [0.1, 0.15) is 46.7 Å². The van der Waals surface area contributed by atoms with Crippen molar-refractivity contribution in [2.75, 3.05) is 12.4 Å². The van der Waals surface area contributed by atoms with E-state index in [4.69, 9.17) is 10.1 Å². The monoisotopic (exact) mass is 830 g/mol. The molecule has 0 amide bonds. The topological polar surface area (TPSA) is 60.4 Å². The average Bonchev–Trinajstić information content (AvgIpc) is 4.01. The molecule has 300 valence electrons. The number of para-hydroxylation sites is 2. The van der Waals surface area contributed by atoms with Gasteiger partial charge in [-0.1, -0.05) is 165 Å². The van der Waals surface area contributed by atoms with E-state index in [9.17, 15) is 0 Å². The van der Waals surface area contributed by atoms with Crippen LogP contribution in [0.25, 0.3) is 47.3 Å². The number of fused-ring (bicyclic) bond motifs is 7. The van der Waals surface area contributed by atoms with E-state index in [1.165, 1.54) is 64.0 Å². The molecule has 2 aromatic heterocycles. The zero-order valence-corrected chi connectivity index (χ0v) is 36.0. The van der Waals surface area contributed by atoms with Crippen molar-refractivity contribution in [3.05, 3.63) is 210 Å². The molecule has 2 aliphatic rings. The second-order valence-electron chi connectivity index (χ2n) is 15.9. The predicted molar refractivity (Wildman–Crippen MR) is 262 cm³/mol. The van der Waals surface area contributed by atoms with Gasteiger partial charge in [-0.25, -0.2) is 0 Å². The first kappa shape index (κ1) is 39.0. The zero-order valence-electron chi connectivity index (χ0n) is 34.2. The normalized spacial score (nSPS) is 16.7. The number of nitrogens with zero attached hydrogens (tertiary/aromatic N) is 1. The molecule has 7 aromatic carbocycles. The standard InChI is InChI=1S/C53H45N3OP2.CH3N/c1-56(35-37-25-31-51-45(33-37)43-19-9-13-23-49(43)59(51)41-16-6-3-7-17-41)52(38-26-28-39(29-27-38)53-55-46-20-10-11-21-47(46)57-53)54-34-36-24-30-50-44(32-36)42-18-8-12-22-48(42)58(50)40-14-4-2-5-15-40;1-2/h2-14,16-33,40,52-55H,15,34-35H2,1H3;2H,1H2. The number of benzene rings is 7. The third kappa shape index (κ3) is 7.39. The van der Waals surface area contributed by atoms with Gasteiger partial charge in [-0.2, -0.15) is 0 Å². The summed E-state index contributed by atoms with van der Waals surface area (Å²) in [7, 11) is 1.23. The summed E-state index contributed by atoms with van der Waals surface area (Å²) < 4.78 is 6.29. The van der Waals surface area contributed by atoms with Gasteiger partial charge in [-0.05, 0) is 94.1 Å². The summed E-state index contributed by atoms with van der Waals surface area (Å²) in [5.74, 6) is 0.894. The van der Waals surface area contributed by atoms with Gasteiger partial charge in [0.1, 0.15) is 5.75 Å². The highest BCUT2D eigenvalue weighted by molar-refractivity contribution is 7.67. The summed E-state index contributed by atoms with van der Waals surface area (Å²) in [5.41, 5.74) is 6.51. The molecule has 5 nitrogen and oxygen atoms in total. The molecule has 5 atom stereocenters. The van der Waals surface area contributed by atoms with Crippen molar-refractivity contribution in [1.82, 2.24) is 10.2 Å². The molecule has 0 saturated heterocycles. The lowest BCUT2D eigenvalue weighted by Crippen LogP contribution is -2.35. The van der Waals surface area contributed by atoms with Crippen LogP contribution in [0, 0.1) is 5.41 Å². The molecule has 3 N–H and O–H groups in total. The van der Waals surface area contributed by atoms with Gasteiger partial charge in [0.05, 0.1) is 11.9 Å². The zero-order chi connectivity index (χ0) is 41.3. The fourth-order valence-corrected chi connectivity index (χ4v) is 14.9. The van der Waals surface area contributed by atoms with Crippen LogP contribution in [-0.2, 0) is 13.1 Å². The number of allylic oxidation sites excluding steroid dienone is 4. The molecule has 0 saturated carbocycles. The van der Waals surface area contributed by atoms with Gasteiger partial charge in [0.25, 0.3) is 0 Å². The van der Waals surface area contributed by atoms with Crippen molar-refractivity contribution in [2.24, 2.45) is 0 Å². The summed E-state index contributed by atoms with van der Waals surface area (Å²) in [6.45, 7) is 4.05. The van der Waals surface area contributed by atoms with Crippen LogP contribution < -0.4 is 15.4 Å². The molecule has 61 heavy (non-hydrogen) atoms. The molecular weight excluding hydrogens is 783 g/mol. The van der Waals surface area contributed by atoms with Crippen LogP contribution in [0.4, 0.5) is 5.69 Å². The first-order valence-electron chi connectivity index (χ1n) is 21.0. The maximum atomic E-state index is 6.29. The first-order chi connectivity index (χ1) is 30.2. The van der Waals surface area contributed by atoms with Crippen molar-refractivity contribution < 1.29 is 4.74 Å². The molecular formula is C54H48N4OP2. The van der Waals surface area contributed by atoms with Gasteiger partial charge in [-0.3, -0.25) is 10.2 Å². The Morgan fingerprint density at radius 2 is 1.33 bits per heavy atom. The first-order valence-corrected chi connectivity index (χ1v) is 23.7. The van der Waals surface area contributed by atoms with Crippen LogP contribution >= 0.6 is 15.1 Å². The van der Waals surface area contributed by atoms with Crippen molar-refractivity contribution in [3.8, 4) is 11.1 Å². The van der Waals surface area contributed by atoms with Crippen LogP contribution in [0.5, 0.6) is 5.75 Å². The van der Waals surface area contributed by atoms with Crippen LogP contribution in [0.15, 0.2) is 188 Å². The molecule has 9 aromatic rings. The fourth-order valence-electron chi connectivity index (χ4n) is 9.36. The van der Waals surface area contributed by atoms with Gasteiger partial charge in [0, 0.05) is 44.8 Å². The highest BCUT2D eigenvalue weighted by atomic mass is 31.1. The molecule has 7 heteroatoms. The second kappa shape index (κ2) is 17.1. The maximum absolute atomic E-state index is 6.29. The molecule has 5 unspecified atom stereocenters. The minimum Gasteiger partial charge on any atom is -0.464 e. The van der Waals surface area contributed by atoms with Crippen LogP contribution in [-0.4, -0.2) is 18.7 Å². The third-order valence-electron chi connectivity index (χ3n) is 12.2. The van der Waals surface area contributed by atoms with Gasteiger partial charge < -0.3 is 15.5 Å². The molecule has 11 rings (SSSR count). The summed E-state index contributed by atoms with van der Waals surface area (Å²) >= 11 is 0. The van der Waals surface area contributed by atoms with Crippen molar-refractivity contribution in [2.45, 2.75) is 37.6 Å². The maximum Gasteiger partial charge on any atom is 0.196 e. The Bertz CT molecular complexity index is 3050. The van der Waals surface area contributed by atoms with Crippen molar-refractivity contribution >= 4 is 69.5 Å². The van der Waals surface area contributed by atoms with Crippen molar-refractivity contribution in [3.63, 3.8) is 0 Å². The van der Waals surface area contributed by atoms with Crippen LogP contribution in [0.3, 0.4) is 0 Å². The number of hydrogen-bond donors (Lipinski definition) is 3. The number of anilines is 1. The number of rotatable bonds is 10. The van der Waals surface area contributed by atoms with E-state index in [1.807, 2.05) is 18.2 Å². The number of ether oxygens (including phenoxy) is 1. The minimum absolute atomic E-state index is 0.0301. The summed E-state index contributed by atoms with van der Waals surface area (Å²) in [5, 5.41) is 26.0. The van der Waals surface area contributed by atoms with E-state index in [0.29, 0.717) is 5.66 Å². The smallest absolute Gasteiger partial charge is 0.196 e. The molecule has 0 spiro atoms. The number of hydrogen-bond acceptors (Lipinski definition) is 5. The Labute approximate surface area is 359 Å². The SMILES string of the molecule is C=N.CN(Cc1ccc2c(c1)c1ccccc1p2-c1ccccc1)C(NCc1ccc2c(c1)c1ccccc1p2C1C=CC=CC1)c1ccc(C2Nc3ccccc3O2)cc1. The van der Waals surface area contributed by atoms with E-state index in [-0.39, 0.29) is 12.4 Å². The average molecular weight is 831 g/mol. The van der Waals surface area contributed by atoms with Gasteiger partial charge >= 0.3 is 0 Å². The molecule has 0 bridgehead atoms. The number of nitrogens with one attached hydrogen (secondary N) is 3. The largest absolute Gasteiger partial charge is 0.464 e. The Balaban J connectivity index is 0.00000220.